The molecule has 1 atom stereocenters. The lowest BCUT2D eigenvalue weighted by Gasteiger charge is -2.17. The Morgan fingerprint density at radius 2 is 2.29 bits per heavy atom. The second kappa shape index (κ2) is 8.11. The number of anilines is 2. The van der Waals surface area contributed by atoms with Crippen molar-refractivity contribution in [3.8, 4) is 11.1 Å². The van der Waals surface area contributed by atoms with Gasteiger partial charge in [-0.25, -0.2) is 20.0 Å². The molecule has 1 aliphatic rings. The molecule has 0 aliphatic carbocycles. The number of amides is 1. The number of rotatable bonds is 6. The number of pyridine rings is 1. The van der Waals surface area contributed by atoms with Gasteiger partial charge in [-0.3, -0.25) is 9.91 Å². The summed E-state index contributed by atoms with van der Waals surface area (Å²) in [5.74, 6) is 6.06. The van der Waals surface area contributed by atoms with Crippen LogP contribution in [0.2, 0.25) is 0 Å². The van der Waals surface area contributed by atoms with Gasteiger partial charge in [0.2, 0.25) is 0 Å². The molecule has 1 amide bonds. The smallest absolute Gasteiger partial charge is 0.414 e. The molecule has 9 nitrogen and oxygen atoms in total. The number of hydrazine groups is 1. The summed E-state index contributed by atoms with van der Waals surface area (Å²) >= 11 is 0. The van der Waals surface area contributed by atoms with Crippen molar-refractivity contribution in [1.29, 1.82) is 0 Å². The van der Waals surface area contributed by atoms with E-state index >= 15 is 0 Å². The predicted octanol–water partition coefficient (Wildman–Crippen LogP) is 1.18. The van der Waals surface area contributed by atoms with Gasteiger partial charge in [0, 0.05) is 30.6 Å². The standard InChI is InChI=1S/C18H21FN6O3/c1-24(21)17(7-20)23-16-5-2-11(8-22-16)14-4-3-12(6-15(14)19)25-9-13(10-26)28-18(25)27/h2-8,13,26H,9-10,20-21H2,1H3,(H,22,23)/b17-7-. The molecule has 6 N–H and O–H groups in total. The highest BCUT2D eigenvalue weighted by molar-refractivity contribution is 5.90. The Kier molecular flexibility index (Phi) is 5.62. The summed E-state index contributed by atoms with van der Waals surface area (Å²) < 4.78 is 19.6. The van der Waals surface area contributed by atoms with E-state index in [9.17, 15) is 9.18 Å². The fourth-order valence-electron chi connectivity index (χ4n) is 2.74. The van der Waals surface area contributed by atoms with E-state index in [1.165, 1.54) is 28.4 Å². The van der Waals surface area contributed by atoms with Gasteiger partial charge in [0.1, 0.15) is 23.6 Å². The third-order valence-electron chi connectivity index (χ3n) is 4.21. The molecule has 1 aliphatic heterocycles. The van der Waals surface area contributed by atoms with E-state index < -0.39 is 18.0 Å². The van der Waals surface area contributed by atoms with Gasteiger partial charge in [-0.2, -0.15) is 0 Å². The third kappa shape index (κ3) is 3.97. The lowest BCUT2D eigenvalue weighted by Crippen LogP contribution is -2.30. The summed E-state index contributed by atoms with van der Waals surface area (Å²) in [4.78, 5) is 17.3. The van der Waals surface area contributed by atoms with Crippen LogP contribution in [0, 0.1) is 5.82 Å². The van der Waals surface area contributed by atoms with Crippen molar-refractivity contribution in [1.82, 2.24) is 9.99 Å². The van der Waals surface area contributed by atoms with Crippen LogP contribution in [0.1, 0.15) is 0 Å². The van der Waals surface area contributed by atoms with Gasteiger partial charge in [-0.15, -0.1) is 0 Å². The quantitative estimate of drug-likeness (QED) is 0.429. The molecule has 3 rings (SSSR count). The fraction of sp³-hybridized carbons (Fsp3) is 0.222. The molecule has 28 heavy (non-hydrogen) atoms. The summed E-state index contributed by atoms with van der Waals surface area (Å²) in [6, 6.07) is 7.79. The van der Waals surface area contributed by atoms with Crippen molar-refractivity contribution in [2.45, 2.75) is 6.10 Å². The number of nitrogens with one attached hydrogen (secondary N) is 1. The highest BCUT2D eigenvalue weighted by Gasteiger charge is 2.32. The van der Waals surface area contributed by atoms with Crippen molar-refractivity contribution in [3.63, 3.8) is 0 Å². The molecule has 0 saturated carbocycles. The summed E-state index contributed by atoms with van der Waals surface area (Å²) in [6.07, 6.45) is 1.59. The van der Waals surface area contributed by atoms with Crippen LogP contribution in [-0.2, 0) is 4.74 Å². The van der Waals surface area contributed by atoms with E-state index in [1.54, 1.807) is 31.3 Å². The normalized spacial score (nSPS) is 16.9. The average Bonchev–Trinajstić information content (AvgIpc) is 3.07. The van der Waals surface area contributed by atoms with Gasteiger partial charge in [0.05, 0.1) is 18.8 Å². The predicted molar refractivity (Wildman–Crippen MR) is 102 cm³/mol. The number of aromatic nitrogens is 1. The van der Waals surface area contributed by atoms with Crippen LogP contribution >= 0.6 is 0 Å². The van der Waals surface area contributed by atoms with Crippen molar-refractivity contribution >= 4 is 17.6 Å². The number of nitrogens with two attached hydrogens (primary N) is 2. The second-order valence-corrected chi connectivity index (χ2v) is 6.18. The van der Waals surface area contributed by atoms with Gasteiger partial charge in [-0.05, 0) is 30.3 Å². The first-order valence-electron chi connectivity index (χ1n) is 8.45. The third-order valence-corrected chi connectivity index (χ3v) is 4.21. The minimum absolute atomic E-state index is 0.169. The monoisotopic (exact) mass is 388 g/mol. The molecule has 1 fully saturated rings. The van der Waals surface area contributed by atoms with Crippen molar-refractivity contribution in [3.05, 3.63) is 54.4 Å². The maximum atomic E-state index is 14.6. The van der Waals surface area contributed by atoms with E-state index in [1.807, 2.05) is 0 Å². The molecule has 148 valence electrons. The lowest BCUT2D eigenvalue weighted by molar-refractivity contribution is 0.0963. The lowest BCUT2D eigenvalue weighted by atomic mass is 10.1. The van der Waals surface area contributed by atoms with Crippen LogP contribution in [0.3, 0.4) is 0 Å². The molecular formula is C18H21FN6O3. The van der Waals surface area contributed by atoms with Crippen molar-refractivity contribution in [2.75, 3.05) is 30.4 Å². The summed E-state index contributed by atoms with van der Waals surface area (Å²) in [6.45, 7) is -0.113. The number of carbonyl (C=O) groups excluding carboxylic acids is 1. The fourth-order valence-corrected chi connectivity index (χ4v) is 2.74. The van der Waals surface area contributed by atoms with Gasteiger partial charge < -0.3 is 20.9 Å². The molecule has 10 heteroatoms. The Bertz CT molecular complexity index is 887. The Morgan fingerprint density at radius 1 is 1.50 bits per heavy atom. The van der Waals surface area contributed by atoms with Crippen molar-refractivity contribution in [2.24, 2.45) is 11.6 Å². The number of cyclic esters (lactones) is 1. The van der Waals surface area contributed by atoms with Crippen LogP contribution in [0.25, 0.3) is 11.1 Å². The maximum absolute atomic E-state index is 14.6. The van der Waals surface area contributed by atoms with Gasteiger partial charge >= 0.3 is 6.09 Å². The molecular weight excluding hydrogens is 367 g/mol. The molecule has 1 unspecified atom stereocenters. The Hall–Kier alpha value is -3.37. The highest BCUT2D eigenvalue weighted by atomic mass is 19.1. The number of nitrogens with zero attached hydrogens (tertiary/aromatic N) is 3. The number of ether oxygens (including phenoxy) is 1. The Morgan fingerprint density at radius 3 is 2.82 bits per heavy atom. The number of benzene rings is 1. The molecule has 0 radical (unpaired) electrons. The molecule has 2 aromatic rings. The van der Waals surface area contributed by atoms with E-state index in [4.69, 9.17) is 21.4 Å². The summed E-state index contributed by atoms with van der Waals surface area (Å²) in [5.41, 5.74) is 6.73. The minimum atomic E-state index is -0.614. The first-order chi connectivity index (χ1) is 13.4. The average molecular weight is 388 g/mol. The summed E-state index contributed by atoms with van der Waals surface area (Å²) in [5, 5.41) is 13.3. The molecule has 1 saturated heterocycles. The second-order valence-electron chi connectivity index (χ2n) is 6.18. The molecule has 1 aromatic carbocycles. The Balaban J connectivity index is 1.78. The minimum Gasteiger partial charge on any atom is -0.441 e. The topological polar surface area (TPSA) is 130 Å². The largest absolute Gasteiger partial charge is 0.441 e. The maximum Gasteiger partial charge on any atom is 0.414 e. The van der Waals surface area contributed by atoms with E-state index in [0.29, 0.717) is 28.5 Å². The number of hydrogen-bond acceptors (Lipinski definition) is 8. The molecule has 1 aromatic heterocycles. The van der Waals surface area contributed by atoms with E-state index in [0.717, 1.165) is 0 Å². The number of halogens is 1. The van der Waals surface area contributed by atoms with Crippen molar-refractivity contribution < 1.29 is 19.0 Å². The first kappa shape index (κ1) is 19.4. The SMILES string of the molecule is CN(N)/C(=C\N)Nc1ccc(-c2ccc(N3CC(CO)OC3=O)cc2F)cn1. The van der Waals surface area contributed by atoms with Gasteiger partial charge in [0.15, 0.2) is 0 Å². The number of carbonyl (C=O) groups is 1. The summed E-state index contributed by atoms with van der Waals surface area (Å²) in [7, 11) is 1.62. The van der Waals surface area contributed by atoms with Crippen LogP contribution in [0.4, 0.5) is 20.7 Å². The number of hydrogen-bond donors (Lipinski definition) is 4. The van der Waals surface area contributed by atoms with E-state index in [-0.39, 0.29) is 13.2 Å². The van der Waals surface area contributed by atoms with Crippen LogP contribution in [-0.4, -0.2) is 47.5 Å². The number of aliphatic hydroxyl groups is 1. The molecule has 0 spiro atoms. The zero-order valence-corrected chi connectivity index (χ0v) is 15.2. The van der Waals surface area contributed by atoms with Crippen LogP contribution in [0.5, 0.6) is 0 Å². The molecule has 0 bridgehead atoms. The first-order valence-corrected chi connectivity index (χ1v) is 8.45. The van der Waals surface area contributed by atoms with Crippen LogP contribution in [0.15, 0.2) is 48.5 Å². The van der Waals surface area contributed by atoms with Gasteiger partial charge in [0.25, 0.3) is 0 Å². The zero-order valence-electron chi connectivity index (χ0n) is 15.2. The number of aliphatic hydroxyl groups excluding tert-OH is 1. The molecule has 2 heterocycles. The Labute approximate surface area is 161 Å². The van der Waals surface area contributed by atoms with Gasteiger partial charge in [-0.1, -0.05) is 0 Å². The zero-order chi connectivity index (χ0) is 20.3. The van der Waals surface area contributed by atoms with Crippen LogP contribution < -0.4 is 21.8 Å². The van der Waals surface area contributed by atoms with E-state index in [2.05, 4.69) is 10.3 Å². The highest BCUT2D eigenvalue weighted by Crippen LogP contribution is 2.29.